The van der Waals surface area contributed by atoms with Gasteiger partial charge in [0.2, 0.25) is 5.91 Å². The second-order valence-electron chi connectivity index (χ2n) is 5.76. The van der Waals surface area contributed by atoms with Crippen LogP contribution in [0.15, 0.2) is 29.2 Å². The number of sulfone groups is 1. The Labute approximate surface area is 137 Å². The molecule has 1 aliphatic rings. The molecule has 4 nitrogen and oxygen atoms in total. The highest BCUT2D eigenvalue weighted by molar-refractivity contribution is 7.99. The lowest BCUT2D eigenvalue weighted by atomic mass is 10.0. The van der Waals surface area contributed by atoms with Crippen molar-refractivity contribution in [1.82, 2.24) is 5.32 Å². The van der Waals surface area contributed by atoms with Crippen molar-refractivity contribution < 1.29 is 13.2 Å². The summed E-state index contributed by atoms with van der Waals surface area (Å²) < 4.78 is 22.8. The summed E-state index contributed by atoms with van der Waals surface area (Å²) in [6, 6.07) is 8.13. The summed E-state index contributed by atoms with van der Waals surface area (Å²) in [4.78, 5) is 13.3. The molecule has 1 aliphatic heterocycles. The van der Waals surface area contributed by atoms with Crippen molar-refractivity contribution in [3.8, 4) is 0 Å². The minimum absolute atomic E-state index is 0.0273. The number of amides is 1. The molecule has 0 saturated carbocycles. The molecule has 0 bridgehead atoms. The summed E-state index contributed by atoms with van der Waals surface area (Å²) in [6.07, 6.45) is 0.903. The highest BCUT2D eigenvalue weighted by atomic mass is 32.2. The molecule has 0 aliphatic carbocycles. The van der Waals surface area contributed by atoms with Crippen molar-refractivity contribution in [3.05, 3.63) is 29.8 Å². The molecule has 6 heteroatoms. The fraction of sp³-hybridized carbons (Fsp3) is 0.562. The number of hydrogen-bond acceptors (Lipinski definition) is 4. The van der Waals surface area contributed by atoms with Crippen LogP contribution >= 0.6 is 11.8 Å². The largest absolute Gasteiger partial charge is 0.350 e. The smallest absolute Gasteiger partial charge is 0.220 e. The van der Waals surface area contributed by atoms with E-state index in [1.54, 1.807) is 11.8 Å². The van der Waals surface area contributed by atoms with Crippen molar-refractivity contribution in [2.75, 3.05) is 17.3 Å². The summed E-state index contributed by atoms with van der Waals surface area (Å²) in [5.41, 5.74) is 1.06. The van der Waals surface area contributed by atoms with E-state index in [-0.39, 0.29) is 29.4 Å². The Morgan fingerprint density at radius 3 is 2.59 bits per heavy atom. The topological polar surface area (TPSA) is 63.2 Å². The van der Waals surface area contributed by atoms with Gasteiger partial charge in [0.05, 0.1) is 17.5 Å². The molecule has 1 aromatic carbocycles. The molecule has 2 rings (SSSR count). The lowest BCUT2D eigenvalue weighted by molar-refractivity contribution is -0.122. The molecule has 122 valence electrons. The Balaban J connectivity index is 1.85. The number of nitrogens with one attached hydrogen (secondary N) is 1. The van der Waals surface area contributed by atoms with Gasteiger partial charge in [-0.2, -0.15) is 0 Å². The van der Waals surface area contributed by atoms with Crippen LogP contribution in [0.4, 0.5) is 0 Å². The van der Waals surface area contributed by atoms with Crippen molar-refractivity contribution in [2.24, 2.45) is 5.92 Å². The Morgan fingerprint density at radius 2 is 2.05 bits per heavy atom. The van der Waals surface area contributed by atoms with Crippen LogP contribution in [-0.2, 0) is 14.6 Å². The normalized spacial score (nSPS) is 21.5. The van der Waals surface area contributed by atoms with Gasteiger partial charge in [-0.1, -0.05) is 19.1 Å². The average Bonchev–Trinajstić information content (AvgIpc) is 2.78. The third-order valence-corrected chi connectivity index (χ3v) is 6.60. The molecule has 1 fully saturated rings. The molecule has 0 unspecified atom stereocenters. The third-order valence-electron chi connectivity index (χ3n) is 3.87. The minimum atomic E-state index is -2.91. The lowest BCUT2D eigenvalue weighted by Gasteiger charge is -2.16. The molecule has 1 saturated heterocycles. The molecule has 1 heterocycles. The van der Waals surface area contributed by atoms with Crippen LogP contribution in [-0.4, -0.2) is 31.6 Å². The average molecular weight is 341 g/mol. The van der Waals surface area contributed by atoms with Gasteiger partial charge in [-0.15, -0.1) is 11.8 Å². The summed E-state index contributed by atoms with van der Waals surface area (Å²) in [5.74, 6) is 1.31. The molecule has 1 amide bonds. The maximum absolute atomic E-state index is 12.1. The summed E-state index contributed by atoms with van der Waals surface area (Å²) >= 11 is 1.79. The van der Waals surface area contributed by atoms with Gasteiger partial charge in [0.15, 0.2) is 9.84 Å². The zero-order chi connectivity index (χ0) is 16.2. The van der Waals surface area contributed by atoms with Crippen molar-refractivity contribution in [2.45, 2.75) is 37.6 Å². The Bertz CT molecular complexity index is 611. The Kier molecular flexibility index (Phi) is 5.92. The maximum atomic E-state index is 12.1. The monoisotopic (exact) mass is 341 g/mol. The van der Waals surface area contributed by atoms with E-state index in [1.165, 1.54) is 4.90 Å². The maximum Gasteiger partial charge on any atom is 0.220 e. The summed E-state index contributed by atoms with van der Waals surface area (Å²) in [7, 11) is -2.91. The molecule has 0 spiro atoms. The standard InChI is InChI=1S/C16H23NO3S2/c1-3-21-15-6-4-14(5-7-15)12(2)17-16(18)10-13-8-9-22(19,20)11-13/h4-7,12-13H,3,8-11H2,1-2H3,(H,17,18)/t12-,13-/m1/s1. The van der Waals surface area contributed by atoms with Gasteiger partial charge in [0.25, 0.3) is 0 Å². The first kappa shape index (κ1) is 17.3. The number of thioether (sulfide) groups is 1. The van der Waals surface area contributed by atoms with E-state index in [0.29, 0.717) is 12.8 Å². The minimum Gasteiger partial charge on any atom is -0.350 e. The van der Waals surface area contributed by atoms with E-state index in [1.807, 2.05) is 19.1 Å². The molecule has 1 N–H and O–H groups in total. The first-order valence-corrected chi connectivity index (χ1v) is 10.4. The van der Waals surface area contributed by atoms with Gasteiger partial charge >= 0.3 is 0 Å². The van der Waals surface area contributed by atoms with Gasteiger partial charge in [-0.05, 0) is 42.7 Å². The van der Waals surface area contributed by atoms with Gasteiger partial charge in [-0.3, -0.25) is 4.79 Å². The van der Waals surface area contributed by atoms with Crippen LogP contribution in [0.3, 0.4) is 0 Å². The summed E-state index contributed by atoms with van der Waals surface area (Å²) in [6.45, 7) is 4.07. The lowest BCUT2D eigenvalue weighted by Crippen LogP contribution is -2.28. The molecule has 1 aromatic rings. The van der Waals surface area contributed by atoms with E-state index in [4.69, 9.17) is 0 Å². The Morgan fingerprint density at radius 1 is 1.36 bits per heavy atom. The SMILES string of the molecule is CCSc1ccc([C@@H](C)NC(=O)C[C@H]2CCS(=O)(=O)C2)cc1. The molecular formula is C16H23NO3S2. The molecule has 0 radical (unpaired) electrons. The van der Waals surface area contributed by atoms with Crippen LogP contribution in [0.5, 0.6) is 0 Å². The molecule has 22 heavy (non-hydrogen) atoms. The van der Waals surface area contributed by atoms with Crippen molar-refractivity contribution in [1.29, 1.82) is 0 Å². The van der Waals surface area contributed by atoms with E-state index in [2.05, 4.69) is 24.4 Å². The van der Waals surface area contributed by atoms with Crippen molar-refractivity contribution >= 4 is 27.5 Å². The predicted molar refractivity (Wildman–Crippen MR) is 90.8 cm³/mol. The molecule has 0 aromatic heterocycles. The number of hydrogen-bond donors (Lipinski definition) is 1. The molecular weight excluding hydrogens is 318 g/mol. The Hall–Kier alpha value is -1.01. The van der Waals surface area contributed by atoms with Crippen molar-refractivity contribution in [3.63, 3.8) is 0 Å². The summed E-state index contributed by atoms with van der Waals surface area (Å²) in [5, 5.41) is 2.96. The zero-order valence-electron chi connectivity index (χ0n) is 13.0. The van der Waals surface area contributed by atoms with Crippen LogP contribution in [0.2, 0.25) is 0 Å². The highest BCUT2D eigenvalue weighted by Crippen LogP contribution is 2.23. The van der Waals surface area contributed by atoms with E-state index < -0.39 is 9.84 Å². The van der Waals surface area contributed by atoms with Gasteiger partial charge < -0.3 is 5.32 Å². The van der Waals surface area contributed by atoms with E-state index >= 15 is 0 Å². The van der Waals surface area contributed by atoms with Crippen LogP contribution in [0.25, 0.3) is 0 Å². The first-order valence-electron chi connectivity index (χ1n) is 7.62. The van der Waals surface area contributed by atoms with Gasteiger partial charge in [0, 0.05) is 11.3 Å². The van der Waals surface area contributed by atoms with Crippen LogP contribution < -0.4 is 5.32 Å². The first-order chi connectivity index (χ1) is 10.4. The van der Waals surface area contributed by atoms with Gasteiger partial charge in [-0.25, -0.2) is 8.42 Å². The fourth-order valence-electron chi connectivity index (χ4n) is 2.70. The van der Waals surface area contributed by atoms with Crippen LogP contribution in [0, 0.1) is 5.92 Å². The van der Waals surface area contributed by atoms with Gasteiger partial charge in [0.1, 0.15) is 0 Å². The number of rotatable bonds is 6. The number of carbonyl (C=O) groups is 1. The zero-order valence-corrected chi connectivity index (χ0v) is 14.7. The third kappa shape index (κ3) is 5.02. The number of carbonyl (C=O) groups excluding carboxylic acids is 1. The second-order valence-corrected chi connectivity index (χ2v) is 9.33. The van der Waals surface area contributed by atoms with E-state index in [0.717, 1.165) is 11.3 Å². The predicted octanol–water partition coefficient (Wildman–Crippen LogP) is 2.80. The molecule has 2 atom stereocenters. The number of benzene rings is 1. The quantitative estimate of drug-likeness (QED) is 0.808. The van der Waals surface area contributed by atoms with E-state index in [9.17, 15) is 13.2 Å². The highest BCUT2D eigenvalue weighted by Gasteiger charge is 2.29. The second kappa shape index (κ2) is 7.51. The fourth-order valence-corrected chi connectivity index (χ4v) is 5.22. The van der Waals surface area contributed by atoms with Crippen LogP contribution in [0.1, 0.15) is 38.3 Å².